The van der Waals surface area contributed by atoms with Crippen molar-refractivity contribution in [2.24, 2.45) is 0 Å². The standard InChI is InChI=1S/C17H14N6O3S/c1-27(25,26)13-8-6-12(7-9-13)23-16(19-20-21-23)10-22-11-18-15-5-3-2-4-14(15)17(22)24/h2-9,11H,10H2,1H3. The summed E-state index contributed by atoms with van der Waals surface area (Å²) < 4.78 is 26.1. The number of benzene rings is 2. The Bertz CT molecular complexity index is 1290. The fourth-order valence-electron chi connectivity index (χ4n) is 2.71. The molecule has 2 heterocycles. The Morgan fingerprint density at radius 1 is 1.04 bits per heavy atom. The van der Waals surface area contributed by atoms with Gasteiger partial charge in [0.1, 0.15) is 0 Å². The highest BCUT2D eigenvalue weighted by Gasteiger charge is 2.13. The van der Waals surface area contributed by atoms with Crippen molar-refractivity contribution < 1.29 is 8.42 Å². The third kappa shape index (κ3) is 3.22. The number of sulfone groups is 1. The molecule has 0 unspecified atom stereocenters. The maximum Gasteiger partial charge on any atom is 0.261 e. The number of hydrogen-bond acceptors (Lipinski definition) is 7. The second-order valence-corrected chi connectivity index (χ2v) is 7.98. The highest BCUT2D eigenvalue weighted by molar-refractivity contribution is 7.90. The number of rotatable bonds is 4. The fourth-order valence-corrected chi connectivity index (χ4v) is 3.34. The van der Waals surface area contributed by atoms with Gasteiger partial charge in [-0.2, -0.15) is 4.68 Å². The lowest BCUT2D eigenvalue weighted by atomic mass is 10.2. The molecule has 4 rings (SSSR count). The van der Waals surface area contributed by atoms with E-state index >= 15 is 0 Å². The lowest BCUT2D eigenvalue weighted by Gasteiger charge is -2.08. The molecule has 0 amide bonds. The number of para-hydroxylation sites is 1. The van der Waals surface area contributed by atoms with Crippen molar-refractivity contribution in [2.45, 2.75) is 11.4 Å². The summed E-state index contributed by atoms with van der Waals surface area (Å²) in [6, 6.07) is 13.3. The minimum absolute atomic E-state index is 0.123. The number of tetrazole rings is 1. The Labute approximate surface area is 153 Å². The zero-order chi connectivity index (χ0) is 19.0. The lowest BCUT2D eigenvalue weighted by Crippen LogP contribution is -2.22. The zero-order valence-electron chi connectivity index (χ0n) is 14.2. The van der Waals surface area contributed by atoms with E-state index in [0.29, 0.717) is 22.4 Å². The van der Waals surface area contributed by atoms with E-state index in [2.05, 4.69) is 20.5 Å². The smallest absolute Gasteiger partial charge is 0.261 e. The first kappa shape index (κ1) is 17.0. The molecule has 0 fully saturated rings. The molecular weight excluding hydrogens is 368 g/mol. The van der Waals surface area contributed by atoms with Crippen molar-refractivity contribution in [1.29, 1.82) is 0 Å². The van der Waals surface area contributed by atoms with Gasteiger partial charge in [-0.05, 0) is 46.8 Å². The van der Waals surface area contributed by atoms with Crippen LogP contribution >= 0.6 is 0 Å². The molecule has 0 radical (unpaired) electrons. The van der Waals surface area contributed by atoms with E-state index in [9.17, 15) is 13.2 Å². The summed E-state index contributed by atoms with van der Waals surface area (Å²) >= 11 is 0. The van der Waals surface area contributed by atoms with Gasteiger partial charge in [0.2, 0.25) is 0 Å². The molecule has 0 saturated heterocycles. The minimum Gasteiger partial charge on any atom is -0.291 e. The Morgan fingerprint density at radius 3 is 2.52 bits per heavy atom. The van der Waals surface area contributed by atoms with Crippen LogP contribution in [0.2, 0.25) is 0 Å². The monoisotopic (exact) mass is 382 g/mol. The summed E-state index contributed by atoms with van der Waals surface area (Å²) in [4.78, 5) is 17.1. The first-order chi connectivity index (χ1) is 12.9. The van der Waals surface area contributed by atoms with E-state index in [4.69, 9.17) is 0 Å². The van der Waals surface area contributed by atoms with E-state index in [1.807, 2.05) is 6.07 Å². The minimum atomic E-state index is -3.29. The number of hydrogen-bond donors (Lipinski definition) is 0. The molecular formula is C17H14N6O3S. The van der Waals surface area contributed by atoms with E-state index < -0.39 is 9.84 Å². The summed E-state index contributed by atoms with van der Waals surface area (Å²) in [5, 5.41) is 12.1. The highest BCUT2D eigenvalue weighted by Crippen LogP contribution is 2.14. The van der Waals surface area contributed by atoms with Gasteiger partial charge in [-0.25, -0.2) is 13.4 Å². The van der Waals surface area contributed by atoms with Crippen molar-refractivity contribution >= 4 is 20.7 Å². The van der Waals surface area contributed by atoms with Crippen molar-refractivity contribution in [2.75, 3.05) is 6.26 Å². The summed E-state index contributed by atoms with van der Waals surface area (Å²) in [7, 11) is -3.29. The SMILES string of the molecule is CS(=O)(=O)c1ccc(-n2nnnc2Cn2cnc3ccccc3c2=O)cc1. The molecule has 27 heavy (non-hydrogen) atoms. The van der Waals surface area contributed by atoms with Crippen molar-refractivity contribution in [3.05, 3.63) is 71.0 Å². The van der Waals surface area contributed by atoms with Gasteiger partial charge in [-0.3, -0.25) is 9.36 Å². The van der Waals surface area contributed by atoms with Crippen LogP contribution in [0.5, 0.6) is 0 Å². The molecule has 10 heteroatoms. The van der Waals surface area contributed by atoms with Crippen LogP contribution in [0.15, 0.2) is 64.5 Å². The Balaban J connectivity index is 1.71. The van der Waals surface area contributed by atoms with Crippen LogP contribution in [0.25, 0.3) is 16.6 Å². The lowest BCUT2D eigenvalue weighted by molar-refractivity contribution is 0.602. The normalized spacial score (nSPS) is 11.7. The van der Waals surface area contributed by atoms with Gasteiger partial charge >= 0.3 is 0 Å². The van der Waals surface area contributed by atoms with Gasteiger partial charge in [-0.15, -0.1) is 5.10 Å². The first-order valence-corrected chi connectivity index (χ1v) is 9.84. The van der Waals surface area contributed by atoms with Crippen LogP contribution in [-0.2, 0) is 16.4 Å². The molecule has 0 atom stereocenters. The van der Waals surface area contributed by atoms with E-state index in [1.165, 1.54) is 27.7 Å². The van der Waals surface area contributed by atoms with Crippen LogP contribution in [0.1, 0.15) is 5.82 Å². The summed E-state index contributed by atoms with van der Waals surface area (Å²) in [6.45, 7) is 0.123. The number of nitrogens with zero attached hydrogens (tertiary/aromatic N) is 6. The van der Waals surface area contributed by atoms with Crippen LogP contribution in [-0.4, -0.2) is 44.4 Å². The predicted molar refractivity (Wildman–Crippen MR) is 97.4 cm³/mol. The molecule has 136 valence electrons. The van der Waals surface area contributed by atoms with Crippen molar-refractivity contribution in [3.8, 4) is 5.69 Å². The van der Waals surface area contributed by atoms with Gasteiger partial charge in [0.15, 0.2) is 15.7 Å². The summed E-state index contributed by atoms with van der Waals surface area (Å²) in [5.41, 5.74) is 1.02. The molecule has 0 bridgehead atoms. The van der Waals surface area contributed by atoms with Crippen LogP contribution < -0.4 is 5.56 Å². The van der Waals surface area contributed by atoms with Gasteiger partial charge in [0, 0.05) is 6.26 Å². The average molecular weight is 382 g/mol. The van der Waals surface area contributed by atoms with Crippen molar-refractivity contribution in [1.82, 2.24) is 29.8 Å². The first-order valence-electron chi connectivity index (χ1n) is 7.95. The predicted octanol–water partition coefficient (Wildman–Crippen LogP) is 0.824. The fraction of sp³-hybridized carbons (Fsp3) is 0.118. The Hall–Kier alpha value is -3.40. The molecule has 2 aromatic carbocycles. The molecule has 0 aliphatic carbocycles. The molecule has 0 aliphatic rings. The van der Waals surface area contributed by atoms with Crippen LogP contribution in [0.4, 0.5) is 0 Å². The topological polar surface area (TPSA) is 113 Å². The molecule has 0 N–H and O–H groups in total. The van der Waals surface area contributed by atoms with Gasteiger partial charge in [-0.1, -0.05) is 12.1 Å². The summed E-state index contributed by atoms with van der Waals surface area (Å²) in [5.74, 6) is 0.418. The third-order valence-electron chi connectivity index (χ3n) is 4.09. The number of fused-ring (bicyclic) bond motifs is 1. The average Bonchev–Trinajstić information content (AvgIpc) is 3.12. The molecule has 2 aromatic heterocycles. The van der Waals surface area contributed by atoms with Crippen LogP contribution in [0.3, 0.4) is 0 Å². The Morgan fingerprint density at radius 2 is 1.78 bits per heavy atom. The van der Waals surface area contributed by atoms with Gasteiger partial charge < -0.3 is 0 Å². The van der Waals surface area contributed by atoms with E-state index in [-0.39, 0.29) is 17.0 Å². The largest absolute Gasteiger partial charge is 0.291 e. The molecule has 0 aliphatic heterocycles. The van der Waals surface area contributed by atoms with E-state index in [0.717, 1.165) is 6.26 Å². The van der Waals surface area contributed by atoms with Crippen molar-refractivity contribution in [3.63, 3.8) is 0 Å². The maximum atomic E-state index is 12.6. The molecule has 0 spiro atoms. The third-order valence-corrected chi connectivity index (χ3v) is 5.22. The zero-order valence-corrected chi connectivity index (χ0v) is 15.0. The second-order valence-electron chi connectivity index (χ2n) is 5.97. The van der Waals surface area contributed by atoms with E-state index in [1.54, 1.807) is 30.3 Å². The molecule has 9 nitrogen and oxygen atoms in total. The molecule has 0 saturated carbocycles. The Kier molecular flexibility index (Phi) is 4.04. The van der Waals surface area contributed by atoms with Crippen LogP contribution in [0, 0.1) is 0 Å². The maximum absolute atomic E-state index is 12.6. The summed E-state index contributed by atoms with van der Waals surface area (Å²) in [6.07, 6.45) is 2.60. The quantitative estimate of drug-likeness (QED) is 0.513. The second kappa shape index (κ2) is 6.40. The number of aromatic nitrogens is 6. The molecule has 4 aromatic rings. The van der Waals surface area contributed by atoms with Gasteiger partial charge in [0.05, 0.1) is 34.4 Å². The van der Waals surface area contributed by atoms with Gasteiger partial charge in [0.25, 0.3) is 5.56 Å². The highest BCUT2D eigenvalue weighted by atomic mass is 32.2.